The Balaban J connectivity index is 2.61. The Kier molecular flexibility index (Phi) is 5.58. The monoisotopic (exact) mass is 293 g/mol. The molecule has 5 nitrogen and oxygen atoms in total. The maximum Gasteiger partial charge on any atom is 0.410 e. The van der Waals surface area contributed by atoms with E-state index in [-0.39, 0.29) is 11.6 Å². The zero-order chi connectivity index (χ0) is 16.1. The average molecular weight is 293 g/mol. The van der Waals surface area contributed by atoms with Crippen LogP contribution in [0.2, 0.25) is 0 Å². The van der Waals surface area contributed by atoms with Gasteiger partial charge < -0.3 is 15.0 Å². The summed E-state index contributed by atoms with van der Waals surface area (Å²) in [6.45, 7) is 12.8. The molecule has 0 saturated heterocycles. The summed E-state index contributed by atoms with van der Waals surface area (Å²) in [6, 6.07) is 3.82. The first-order valence-electron chi connectivity index (χ1n) is 7.24. The average Bonchev–Trinajstić information content (AvgIpc) is 2.32. The van der Waals surface area contributed by atoms with E-state index in [4.69, 9.17) is 4.74 Å². The number of carbonyl (C=O) groups is 1. The highest BCUT2D eigenvalue weighted by molar-refractivity contribution is 5.69. The fraction of sp³-hybridized carbons (Fsp3) is 0.625. The van der Waals surface area contributed by atoms with Crippen molar-refractivity contribution in [1.82, 2.24) is 9.88 Å². The lowest BCUT2D eigenvalue weighted by atomic mass is 10.1. The highest BCUT2D eigenvalue weighted by Gasteiger charge is 2.30. The lowest BCUT2D eigenvalue weighted by molar-refractivity contribution is 0.00749. The molecule has 21 heavy (non-hydrogen) atoms. The molecule has 0 saturated carbocycles. The lowest BCUT2D eigenvalue weighted by Gasteiger charge is -2.37. The molecule has 0 atom stereocenters. The fourth-order valence-corrected chi connectivity index (χ4v) is 1.80. The number of carbonyl (C=O) groups excluding carboxylic acids is 1. The largest absolute Gasteiger partial charge is 0.444 e. The number of nitrogens with one attached hydrogen (secondary N) is 1. The second-order valence-electron chi connectivity index (χ2n) is 6.97. The first kappa shape index (κ1) is 17.3. The van der Waals surface area contributed by atoms with E-state index in [9.17, 15) is 4.79 Å². The van der Waals surface area contributed by atoms with Crippen molar-refractivity contribution in [3.05, 3.63) is 24.5 Å². The minimum atomic E-state index is -0.489. The van der Waals surface area contributed by atoms with E-state index in [0.29, 0.717) is 13.1 Å². The zero-order valence-electron chi connectivity index (χ0n) is 13.9. The molecular formula is C16H27N3O2. The van der Waals surface area contributed by atoms with Crippen LogP contribution in [0, 0.1) is 0 Å². The molecule has 0 aliphatic carbocycles. The Morgan fingerprint density at radius 1 is 1.29 bits per heavy atom. The number of hydrogen-bond acceptors (Lipinski definition) is 4. The number of nitrogens with zero attached hydrogens (tertiary/aromatic N) is 2. The van der Waals surface area contributed by atoms with Gasteiger partial charge in [0.05, 0.1) is 5.69 Å². The number of amides is 1. The zero-order valence-corrected chi connectivity index (χ0v) is 13.9. The van der Waals surface area contributed by atoms with Crippen molar-refractivity contribution >= 4 is 11.8 Å². The standard InChI is InChI=1S/C16H27N3O2/c1-15(2,3)19(14(20)21-16(4,5)6)11-10-18-13-8-7-9-17-12-13/h7-9,12,18H,10-11H2,1-6H3. The van der Waals surface area contributed by atoms with Gasteiger partial charge in [-0.2, -0.15) is 0 Å². The summed E-state index contributed by atoms with van der Waals surface area (Å²) in [5.41, 5.74) is 0.159. The van der Waals surface area contributed by atoms with E-state index < -0.39 is 5.60 Å². The Bertz CT molecular complexity index is 447. The van der Waals surface area contributed by atoms with Crippen LogP contribution in [-0.2, 0) is 4.74 Å². The van der Waals surface area contributed by atoms with Crippen LogP contribution in [-0.4, -0.2) is 40.2 Å². The first-order valence-corrected chi connectivity index (χ1v) is 7.24. The van der Waals surface area contributed by atoms with Crippen LogP contribution in [0.25, 0.3) is 0 Å². The third-order valence-electron chi connectivity index (χ3n) is 2.75. The van der Waals surface area contributed by atoms with Gasteiger partial charge in [-0.05, 0) is 53.7 Å². The van der Waals surface area contributed by atoms with E-state index in [0.717, 1.165) is 5.69 Å². The molecule has 0 bridgehead atoms. The summed E-state index contributed by atoms with van der Waals surface area (Å²) in [7, 11) is 0. The molecule has 1 rings (SSSR count). The van der Waals surface area contributed by atoms with Gasteiger partial charge in [0.15, 0.2) is 0 Å². The normalized spacial score (nSPS) is 11.9. The van der Waals surface area contributed by atoms with Gasteiger partial charge in [-0.15, -0.1) is 0 Å². The summed E-state index contributed by atoms with van der Waals surface area (Å²) < 4.78 is 5.48. The minimum absolute atomic E-state index is 0.289. The van der Waals surface area contributed by atoms with Gasteiger partial charge >= 0.3 is 6.09 Å². The summed E-state index contributed by atoms with van der Waals surface area (Å²) in [5, 5.41) is 3.25. The second-order valence-corrected chi connectivity index (χ2v) is 6.97. The number of pyridine rings is 1. The van der Waals surface area contributed by atoms with Crippen molar-refractivity contribution in [2.45, 2.75) is 52.7 Å². The van der Waals surface area contributed by atoms with E-state index >= 15 is 0 Å². The molecule has 0 aromatic carbocycles. The van der Waals surface area contributed by atoms with Crippen molar-refractivity contribution in [3.8, 4) is 0 Å². The second kappa shape index (κ2) is 6.78. The van der Waals surface area contributed by atoms with Crippen LogP contribution in [0.15, 0.2) is 24.5 Å². The summed E-state index contributed by atoms with van der Waals surface area (Å²) in [4.78, 5) is 18.1. The van der Waals surface area contributed by atoms with Crippen LogP contribution in [0.1, 0.15) is 41.5 Å². The van der Waals surface area contributed by atoms with Crippen molar-refractivity contribution in [1.29, 1.82) is 0 Å². The molecule has 0 fully saturated rings. The Morgan fingerprint density at radius 2 is 1.95 bits per heavy atom. The van der Waals surface area contributed by atoms with Crippen LogP contribution in [0.5, 0.6) is 0 Å². The topological polar surface area (TPSA) is 54.5 Å². The highest BCUT2D eigenvalue weighted by Crippen LogP contribution is 2.18. The van der Waals surface area contributed by atoms with Crippen LogP contribution >= 0.6 is 0 Å². The molecule has 0 radical (unpaired) electrons. The summed E-state index contributed by atoms with van der Waals surface area (Å²) >= 11 is 0. The number of anilines is 1. The molecule has 1 heterocycles. The van der Waals surface area contributed by atoms with Gasteiger partial charge in [0, 0.05) is 31.0 Å². The number of hydrogen-bond donors (Lipinski definition) is 1. The summed E-state index contributed by atoms with van der Waals surface area (Å²) in [6.07, 6.45) is 3.20. The van der Waals surface area contributed by atoms with Crippen molar-refractivity contribution in [3.63, 3.8) is 0 Å². The number of aromatic nitrogens is 1. The van der Waals surface area contributed by atoms with Gasteiger partial charge in [0.1, 0.15) is 5.60 Å². The smallest absolute Gasteiger partial charge is 0.410 e. The molecular weight excluding hydrogens is 266 g/mol. The van der Waals surface area contributed by atoms with Gasteiger partial charge in [-0.3, -0.25) is 4.98 Å². The fourth-order valence-electron chi connectivity index (χ4n) is 1.80. The lowest BCUT2D eigenvalue weighted by Crippen LogP contribution is -2.49. The van der Waals surface area contributed by atoms with E-state index in [1.54, 1.807) is 17.3 Å². The van der Waals surface area contributed by atoms with Crippen molar-refractivity contribution < 1.29 is 9.53 Å². The Hall–Kier alpha value is -1.78. The highest BCUT2D eigenvalue weighted by atomic mass is 16.6. The van der Waals surface area contributed by atoms with E-state index in [2.05, 4.69) is 10.3 Å². The molecule has 1 N–H and O–H groups in total. The van der Waals surface area contributed by atoms with Crippen LogP contribution in [0.4, 0.5) is 10.5 Å². The molecule has 1 aromatic heterocycles. The maximum atomic E-state index is 12.3. The van der Waals surface area contributed by atoms with Gasteiger partial charge in [-0.1, -0.05) is 0 Å². The Morgan fingerprint density at radius 3 is 2.43 bits per heavy atom. The molecule has 0 unspecified atom stereocenters. The molecule has 0 aliphatic rings. The molecule has 1 aromatic rings. The van der Waals surface area contributed by atoms with E-state index in [1.165, 1.54) is 0 Å². The third-order valence-corrected chi connectivity index (χ3v) is 2.75. The SMILES string of the molecule is CC(C)(C)OC(=O)N(CCNc1cccnc1)C(C)(C)C. The predicted molar refractivity (Wildman–Crippen MR) is 85.4 cm³/mol. The Labute approximate surface area is 127 Å². The quantitative estimate of drug-likeness (QED) is 0.922. The first-order chi connectivity index (χ1) is 9.59. The number of ether oxygens (including phenoxy) is 1. The third kappa shape index (κ3) is 6.47. The minimum Gasteiger partial charge on any atom is -0.444 e. The summed E-state index contributed by atoms with van der Waals surface area (Å²) in [5.74, 6) is 0. The molecule has 1 amide bonds. The molecule has 0 spiro atoms. The van der Waals surface area contributed by atoms with Gasteiger partial charge in [0.25, 0.3) is 0 Å². The van der Waals surface area contributed by atoms with Crippen molar-refractivity contribution in [2.75, 3.05) is 18.4 Å². The van der Waals surface area contributed by atoms with Crippen LogP contribution in [0.3, 0.4) is 0 Å². The predicted octanol–water partition coefficient (Wildman–Crippen LogP) is 3.53. The number of rotatable bonds is 4. The molecule has 118 valence electrons. The van der Waals surface area contributed by atoms with Crippen molar-refractivity contribution in [2.24, 2.45) is 0 Å². The maximum absolute atomic E-state index is 12.3. The molecule has 0 aliphatic heterocycles. The van der Waals surface area contributed by atoms with Crippen LogP contribution < -0.4 is 5.32 Å². The van der Waals surface area contributed by atoms with Gasteiger partial charge in [0.2, 0.25) is 0 Å². The van der Waals surface area contributed by atoms with Gasteiger partial charge in [-0.25, -0.2) is 4.79 Å². The molecule has 5 heteroatoms. The van der Waals surface area contributed by atoms with E-state index in [1.807, 2.05) is 53.7 Å².